The molecule has 1 aliphatic rings. The summed E-state index contributed by atoms with van der Waals surface area (Å²) in [6.45, 7) is 6.87. The Morgan fingerprint density at radius 1 is 1.21 bits per heavy atom. The highest BCUT2D eigenvalue weighted by Gasteiger charge is 2.24. The van der Waals surface area contributed by atoms with Gasteiger partial charge in [-0.15, -0.1) is 0 Å². The van der Waals surface area contributed by atoms with Crippen LogP contribution in [-0.4, -0.2) is 6.04 Å². The molecule has 0 saturated heterocycles. The molecule has 2 heteroatoms. The fourth-order valence-electron chi connectivity index (χ4n) is 2.50. The second-order valence-electron chi connectivity index (χ2n) is 5.26. The van der Waals surface area contributed by atoms with Crippen LogP contribution in [0.15, 0.2) is 0 Å². The summed E-state index contributed by atoms with van der Waals surface area (Å²) in [5.41, 5.74) is 3.01. The summed E-state index contributed by atoms with van der Waals surface area (Å²) in [4.78, 5) is 0. The molecule has 0 aromatic carbocycles. The van der Waals surface area contributed by atoms with E-state index in [0.29, 0.717) is 12.0 Å². The van der Waals surface area contributed by atoms with Crippen LogP contribution in [0.25, 0.3) is 0 Å². The Hall–Kier alpha value is -0.0800. The summed E-state index contributed by atoms with van der Waals surface area (Å²) >= 11 is 0. The maximum Gasteiger partial charge on any atom is 0.0241 e. The average Bonchev–Trinajstić information content (AvgIpc) is 2.65. The summed E-state index contributed by atoms with van der Waals surface area (Å²) in [5.74, 6) is 7.97. The minimum atomic E-state index is 0.512. The van der Waals surface area contributed by atoms with Crippen molar-refractivity contribution in [2.75, 3.05) is 0 Å². The summed E-state index contributed by atoms with van der Waals surface area (Å²) in [7, 11) is 0. The molecule has 1 saturated carbocycles. The Bertz CT molecular complexity index is 150. The van der Waals surface area contributed by atoms with Crippen molar-refractivity contribution >= 4 is 0 Å². The lowest BCUT2D eigenvalue weighted by Crippen LogP contribution is -2.42. The van der Waals surface area contributed by atoms with Gasteiger partial charge in [0.05, 0.1) is 0 Å². The Morgan fingerprint density at radius 3 is 2.21 bits per heavy atom. The van der Waals surface area contributed by atoms with Gasteiger partial charge in [-0.2, -0.15) is 0 Å². The Labute approximate surface area is 88.6 Å². The van der Waals surface area contributed by atoms with Gasteiger partial charge in [-0.25, -0.2) is 0 Å². The van der Waals surface area contributed by atoms with Crippen molar-refractivity contribution in [3.05, 3.63) is 0 Å². The maximum absolute atomic E-state index is 5.64. The van der Waals surface area contributed by atoms with Crippen LogP contribution in [-0.2, 0) is 0 Å². The predicted octanol–water partition coefficient (Wildman–Crippen LogP) is 2.69. The van der Waals surface area contributed by atoms with Gasteiger partial charge in [-0.1, -0.05) is 46.5 Å². The first kappa shape index (κ1) is 12.0. The number of hydrogen-bond donors (Lipinski definition) is 2. The van der Waals surface area contributed by atoms with E-state index < -0.39 is 0 Å². The fraction of sp³-hybridized carbons (Fsp3) is 1.00. The highest BCUT2D eigenvalue weighted by Crippen LogP contribution is 2.31. The van der Waals surface area contributed by atoms with Crippen LogP contribution in [0.3, 0.4) is 0 Å². The Morgan fingerprint density at radius 2 is 1.79 bits per heavy atom. The molecule has 0 aliphatic heterocycles. The third-order valence-corrected chi connectivity index (χ3v) is 3.96. The molecule has 14 heavy (non-hydrogen) atoms. The van der Waals surface area contributed by atoms with Crippen molar-refractivity contribution in [1.82, 2.24) is 5.43 Å². The lowest BCUT2D eigenvalue weighted by molar-refractivity contribution is 0.256. The Balaban J connectivity index is 2.36. The van der Waals surface area contributed by atoms with Gasteiger partial charge in [0, 0.05) is 6.04 Å². The molecule has 1 aliphatic carbocycles. The van der Waals surface area contributed by atoms with E-state index in [1.807, 2.05) is 0 Å². The molecule has 0 aromatic heterocycles. The molecule has 3 N–H and O–H groups in total. The largest absolute Gasteiger partial charge is 0.271 e. The number of nitrogens with two attached hydrogens (primary N) is 1. The summed E-state index contributed by atoms with van der Waals surface area (Å²) in [5, 5.41) is 0. The summed E-state index contributed by atoms with van der Waals surface area (Å²) < 4.78 is 0. The smallest absolute Gasteiger partial charge is 0.0241 e. The van der Waals surface area contributed by atoms with E-state index >= 15 is 0 Å². The number of rotatable bonds is 5. The van der Waals surface area contributed by atoms with Gasteiger partial charge in [0.2, 0.25) is 0 Å². The van der Waals surface area contributed by atoms with Crippen LogP contribution in [0.5, 0.6) is 0 Å². The Kier molecular flexibility index (Phi) is 4.90. The molecule has 84 valence electrons. The monoisotopic (exact) mass is 198 g/mol. The molecular formula is C12H26N2. The van der Waals surface area contributed by atoms with Gasteiger partial charge in [-0.05, 0) is 24.2 Å². The quantitative estimate of drug-likeness (QED) is 0.526. The molecule has 0 aromatic rings. The van der Waals surface area contributed by atoms with Crippen molar-refractivity contribution in [2.45, 2.75) is 58.9 Å². The van der Waals surface area contributed by atoms with E-state index in [2.05, 4.69) is 26.2 Å². The molecule has 0 spiro atoms. The second-order valence-corrected chi connectivity index (χ2v) is 5.26. The van der Waals surface area contributed by atoms with Gasteiger partial charge in [0.1, 0.15) is 0 Å². The molecule has 0 radical (unpaired) electrons. The van der Waals surface area contributed by atoms with Gasteiger partial charge in [0.25, 0.3) is 0 Å². The number of nitrogens with one attached hydrogen (secondary N) is 1. The number of hydrazine groups is 1. The molecule has 0 bridgehead atoms. The van der Waals surface area contributed by atoms with Crippen molar-refractivity contribution < 1.29 is 0 Å². The van der Waals surface area contributed by atoms with Gasteiger partial charge in [-0.3, -0.25) is 11.3 Å². The van der Waals surface area contributed by atoms with E-state index in [-0.39, 0.29) is 0 Å². The van der Waals surface area contributed by atoms with Crippen LogP contribution in [0.4, 0.5) is 0 Å². The molecule has 0 amide bonds. The molecule has 2 unspecified atom stereocenters. The fourth-order valence-corrected chi connectivity index (χ4v) is 2.50. The molecule has 0 heterocycles. The zero-order valence-electron chi connectivity index (χ0n) is 9.92. The highest BCUT2D eigenvalue weighted by atomic mass is 15.2. The zero-order chi connectivity index (χ0) is 10.6. The summed E-state index contributed by atoms with van der Waals surface area (Å²) in [6, 6.07) is 0.512. The van der Waals surface area contributed by atoms with Crippen LogP contribution >= 0.6 is 0 Å². The van der Waals surface area contributed by atoms with E-state index in [9.17, 15) is 0 Å². The maximum atomic E-state index is 5.64. The first-order valence-electron chi connectivity index (χ1n) is 6.11. The van der Waals surface area contributed by atoms with E-state index in [1.165, 1.54) is 32.1 Å². The topological polar surface area (TPSA) is 38.0 Å². The van der Waals surface area contributed by atoms with Crippen molar-refractivity contribution in [3.63, 3.8) is 0 Å². The second kappa shape index (κ2) is 5.72. The van der Waals surface area contributed by atoms with Crippen molar-refractivity contribution in [3.8, 4) is 0 Å². The van der Waals surface area contributed by atoms with Crippen LogP contribution in [0, 0.1) is 17.8 Å². The van der Waals surface area contributed by atoms with Crippen LogP contribution in [0.1, 0.15) is 52.9 Å². The lowest BCUT2D eigenvalue weighted by atomic mass is 9.85. The average molecular weight is 198 g/mol. The highest BCUT2D eigenvalue weighted by molar-refractivity contribution is 4.79. The van der Waals surface area contributed by atoms with E-state index in [4.69, 9.17) is 5.84 Å². The molecule has 2 atom stereocenters. The van der Waals surface area contributed by atoms with Crippen LogP contribution < -0.4 is 11.3 Å². The van der Waals surface area contributed by atoms with Crippen LogP contribution in [0.2, 0.25) is 0 Å². The SMILES string of the molecule is CC(C)C(C)C(CC1CCCC1)NN. The third kappa shape index (κ3) is 3.25. The lowest BCUT2D eigenvalue weighted by Gasteiger charge is -2.28. The van der Waals surface area contributed by atoms with Gasteiger partial charge in [0.15, 0.2) is 0 Å². The van der Waals surface area contributed by atoms with E-state index in [0.717, 1.165) is 11.8 Å². The first-order chi connectivity index (χ1) is 6.65. The van der Waals surface area contributed by atoms with E-state index in [1.54, 1.807) is 0 Å². The molecule has 1 rings (SSSR count). The van der Waals surface area contributed by atoms with Crippen molar-refractivity contribution in [1.29, 1.82) is 0 Å². The minimum Gasteiger partial charge on any atom is -0.271 e. The minimum absolute atomic E-state index is 0.512. The predicted molar refractivity (Wildman–Crippen MR) is 61.7 cm³/mol. The third-order valence-electron chi connectivity index (χ3n) is 3.96. The standard InChI is InChI=1S/C12H26N2/c1-9(2)10(3)12(14-13)8-11-6-4-5-7-11/h9-12,14H,4-8,13H2,1-3H3. The number of hydrogen-bond acceptors (Lipinski definition) is 2. The zero-order valence-corrected chi connectivity index (χ0v) is 9.92. The van der Waals surface area contributed by atoms with Crippen molar-refractivity contribution in [2.24, 2.45) is 23.6 Å². The first-order valence-corrected chi connectivity index (χ1v) is 6.11. The molecular weight excluding hydrogens is 172 g/mol. The van der Waals surface area contributed by atoms with Gasteiger partial charge < -0.3 is 0 Å². The summed E-state index contributed by atoms with van der Waals surface area (Å²) in [6.07, 6.45) is 6.97. The molecule has 2 nitrogen and oxygen atoms in total. The van der Waals surface area contributed by atoms with Gasteiger partial charge >= 0.3 is 0 Å². The normalized spacial score (nSPS) is 22.9. The molecule has 1 fully saturated rings.